The van der Waals surface area contributed by atoms with E-state index in [1.165, 1.54) is 19.3 Å². The molecule has 0 atom stereocenters. The summed E-state index contributed by atoms with van der Waals surface area (Å²) in [6.45, 7) is 1.60. The summed E-state index contributed by atoms with van der Waals surface area (Å²) >= 11 is 0. The highest BCUT2D eigenvalue weighted by atomic mass is 16.5. The lowest BCUT2D eigenvalue weighted by molar-refractivity contribution is 0.344. The van der Waals surface area contributed by atoms with Gasteiger partial charge in [-0.15, -0.1) is 0 Å². The number of nitrogens with zero attached hydrogens (tertiary/aromatic N) is 4. The van der Waals surface area contributed by atoms with E-state index in [-0.39, 0.29) is 0 Å². The van der Waals surface area contributed by atoms with Crippen LogP contribution in [0.2, 0.25) is 0 Å². The average Bonchev–Trinajstić information content (AvgIpc) is 3.34. The molecule has 0 amide bonds. The molecular formula is C17H23N5O2. The van der Waals surface area contributed by atoms with Gasteiger partial charge in [-0.1, -0.05) is 12.8 Å². The van der Waals surface area contributed by atoms with Gasteiger partial charge in [-0.25, -0.2) is 0 Å². The Balaban J connectivity index is 1.51. The molecule has 4 rings (SSSR count). The van der Waals surface area contributed by atoms with Crippen LogP contribution in [-0.2, 0) is 19.4 Å². The first kappa shape index (κ1) is 15.2. The first-order chi connectivity index (χ1) is 11.8. The van der Waals surface area contributed by atoms with Crippen LogP contribution in [0.4, 0.5) is 5.82 Å². The Hall–Kier alpha value is -2.31. The Kier molecular flexibility index (Phi) is 4.00. The zero-order valence-corrected chi connectivity index (χ0v) is 14.2. The molecule has 128 valence electrons. The van der Waals surface area contributed by atoms with Gasteiger partial charge in [0.05, 0.1) is 37.7 Å². The highest BCUT2D eigenvalue weighted by molar-refractivity contribution is 5.46. The lowest BCUT2D eigenvalue weighted by Crippen LogP contribution is -2.32. The second-order valence-electron chi connectivity index (χ2n) is 6.54. The SMILES string of the molecule is COc1nc2c(c(OC)n1)CN(c1cc(CCC3CC3)n[nH]1)CC2. The number of hydrogen-bond acceptors (Lipinski definition) is 6. The maximum Gasteiger partial charge on any atom is 0.319 e. The Bertz CT molecular complexity index is 709. The molecule has 24 heavy (non-hydrogen) atoms. The van der Waals surface area contributed by atoms with Crippen LogP contribution < -0.4 is 14.4 Å². The number of aromatic nitrogens is 4. The molecule has 0 aromatic carbocycles. The molecular weight excluding hydrogens is 306 g/mol. The van der Waals surface area contributed by atoms with E-state index in [2.05, 4.69) is 31.1 Å². The number of hydrogen-bond donors (Lipinski definition) is 1. The second-order valence-corrected chi connectivity index (χ2v) is 6.54. The number of methoxy groups -OCH3 is 2. The Morgan fingerprint density at radius 2 is 2.12 bits per heavy atom. The lowest BCUT2D eigenvalue weighted by atomic mass is 10.1. The fraction of sp³-hybridized carbons (Fsp3) is 0.588. The number of anilines is 1. The van der Waals surface area contributed by atoms with Crippen molar-refractivity contribution in [3.05, 3.63) is 23.0 Å². The minimum atomic E-state index is 0.364. The van der Waals surface area contributed by atoms with Crippen LogP contribution in [0.3, 0.4) is 0 Å². The molecule has 0 unspecified atom stereocenters. The van der Waals surface area contributed by atoms with Gasteiger partial charge >= 0.3 is 6.01 Å². The van der Waals surface area contributed by atoms with E-state index < -0.39 is 0 Å². The van der Waals surface area contributed by atoms with Crippen LogP contribution in [-0.4, -0.2) is 40.9 Å². The van der Waals surface area contributed by atoms with Gasteiger partial charge in [0.15, 0.2) is 0 Å². The number of fused-ring (bicyclic) bond motifs is 1. The quantitative estimate of drug-likeness (QED) is 0.875. The zero-order valence-electron chi connectivity index (χ0n) is 14.2. The van der Waals surface area contributed by atoms with Crippen molar-refractivity contribution in [3.8, 4) is 11.9 Å². The van der Waals surface area contributed by atoms with Crippen molar-refractivity contribution in [1.82, 2.24) is 20.2 Å². The van der Waals surface area contributed by atoms with E-state index in [0.717, 1.165) is 48.1 Å². The molecule has 1 aliphatic heterocycles. The molecule has 1 aliphatic carbocycles. The van der Waals surface area contributed by atoms with Crippen molar-refractivity contribution in [2.75, 3.05) is 25.7 Å². The Morgan fingerprint density at radius 3 is 2.88 bits per heavy atom. The largest absolute Gasteiger partial charge is 0.481 e. The monoisotopic (exact) mass is 329 g/mol. The predicted octanol–water partition coefficient (Wildman–Crippen LogP) is 2.12. The molecule has 0 radical (unpaired) electrons. The van der Waals surface area contributed by atoms with E-state index in [0.29, 0.717) is 18.4 Å². The van der Waals surface area contributed by atoms with Crippen molar-refractivity contribution in [2.24, 2.45) is 5.92 Å². The van der Waals surface area contributed by atoms with Crippen molar-refractivity contribution in [1.29, 1.82) is 0 Å². The van der Waals surface area contributed by atoms with Crippen molar-refractivity contribution in [3.63, 3.8) is 0 Å². The van der Waals surface area contributed by atoms with Crippen LogP contribution in [0, 0.1) is 5.92 Å². The van der Waals surface area contributed by atoms with E-state index in [9.17, 15) is 0 Å². The van der Waals surface area contributed by atoms with Gasteiger partial charge in [-0.05, 0) is 18.8 Å². The van der Waals surface area contributed by atoms with E-state index in [4.69, 9.17) is 9.47 Å². The summed E-state index contributed by atoms with van der Waals surface area (Å²) in [7, 11) is 3.21. The van der Waals surface area contributed by atoms with Crippen LogP contribution in [0.15, 0.2) is 6.07 Å². The number of aromatic amines is 1. The molecule has 1 saturated carbocycles. The number of ether oxygens (including phenoxy) is 2. The minimum Gasteiger partial charge on any atom is -0.481 e. The normalized spacial score (nSPS) is 16.8. The van der Waals surface area contributed by atoms with Crippen LogP contribution >= 0.6 is 0 Å². The lowest BCUT2D eigenvalue weighted by Gasteiger charge is -2.29. The third-order valence-corrected chi connectivity index (χ3v) is 4.84. The predicted molar refractivity (Wildman–Crippen MR) is 89.5 cm³/mol. The number of H-pyrrole nitrogens is 1. The summed E-state index contributed by atoms with van der Waals surface area (Å²) in [5, 5.41) is 7.65. The fourth-order valence-electron chi connectivity index (χ4n) is 3.23. The molecule has 1 fully saturated rings. The number of rotatable bonds is 6. The molecule has 2 aliphatic rings. The summed E-state index contributed by atoms with van der Waals surface area (Å²) in [5.74, 6) is 2.59. The van der Waals surface area contributed by atoms with E-state index >= 15 is 0 Å². The molecule has 7 heteroatoms. The maximum atomic E-state index is 5.43. The van der Waals surface area contributed by atoms with Crippen molar-refractivity contribution < 1.29 is 9.47 Å². The smallest absolute Gasteiger partial charge is 0.319 e. The number of aryl methyl sites for hydroxylation is 1. The molecule has 1 N–H and O–H groups in total. The number of nitrogens with one attached hydrogen (secondary N) is 1. The minimum absolute atomic E-state index is 0.364. The van der Waals surface area contributed by atoms with Gasteiger partial charge in [0.1, 0.15) is 5.82 Å². The van der Waals surface area contributed by atoms with E-state index in [1.807, 2.05) is 0 Å². The third-order valence-electron chi connectivity index (χ3n) is 4.84. The van der Waals surface area contributed by atoms with Gasteiger partial charge in [-0.3, -0.25) is 5.10 Å². The van der Waals surface area contributed by atoms with Crippen molar-refractivity contribution in [2.45, 2.75) is 38.6 Å². The van der Waals surface area contributed by atoms with Crippen LogP contribution in [0.25, 0.3) is 0 Å². The first-order valence-corrected chi connectivity index (χ1v) is 8.54. The molecule has 0 bridgehead atoms. The summed E-state index contributed by atoms with van der Waals surface area (Å²) in [6.07, 6.45) is 5.94. The summed E-state index contributed by atoms with van der Waals surface area (Å²) in [4.78, 5) is 11.0. The van der Waals surface area contributed by atoms with Crippen LogP contribution in [0.5, 0.6) is 11.9 Å². The average molecular weight is 329 g/mol. The van der Waals surface area contributed by atoms with Gasteiger partial charge in [-0.2, -0.15) is 15.1 Å². The maximum absolute atomic E-state index is 5.43. The van der Waals surface area contributed by atoms with Crippen LogP contribution in [0.1, 0.15) is 36.2 Å². The zero-order chi connectivity index (χ0) is 16.5. The Labute approximate surface area is 141 Å². The van der Waals surface area contributed by atoms with Gasteiger partial charge in [0.2, 0.25) is 5.88 Å². The van der Waals surface area contributed by atoms with Crippen molar-refractivity contribution >= 4 is 5.82 Å². The fourth-order valence-corrected chi connectivity index (χ4v) is 3.23. The third kappa shape index (κ3) is 3.02. The van der Waals surface area contributed by atoms with Gasteiger partial charge in [0, 0.05) is 19.0 Å². The molecule has 7 nitrogen and oxygen atoms in total. The summed E-state index contributed by atoms with van der Waals surface area (Å²) < 4.78 is 10.6. The summed E-state index contributed by atoms with van der Waals surface area (Å²) in [6, 6.07) is 2.53. The highest BCUT2D eigenvalue weighted by Gasteiger charge is 2.25. The standard InChI is InChI=1S/C17H23N5O2/c1-23-16-13-10-22(8-7-14(13)18-17(19-16)24-2)15-9-12(20-21-15)6-5-11-3-4-11/h9,11H,3-8,10H2,1-2H3,(H,20,21). The van der Waals surface area contributed by atoms with E-state index in [1.54, 1.807) is 14.2 Å². The second kappa shape index (κ2) is 6.30. The highest BCUT2D eigenvalue weighted by Crippen LogP contribution is 2.34. The molecule has 2 aromatic heterocycles. The molecule has 0 saturated heterocycles. The van der Waals surface area contributed by atoms with Gasteiger partial charge < -0.3 is 14.4 Å². The Morgan fingerprint density at radius 1 is 1.25 bits per heavy atom. The van der Waals surface area contributed by atoms with Gasteiger partial charge in [0.25, 0.3) is 0 Å². The molecule has 3 heterocycles. The topological polar surface area (TPSA) is 76.2 Å². The first-order valence-electron chi connectivity index (χ1n) is 8.54. The molecule has 0 spiro atoms. The summed E-state index contributed by atoms with van der Waals surface area (Å²) in [5.41, 5.74) is 3.18. The molecule has 2 aromatic rings.